The Morgan fingerprint density at radius 3 is 2.76 bits per heavy atom. The lowest BCUT2D eigenvalue weighted by Gasteiger charge is -2.24. The molecular weight excluding hydrogens is 250 g/mol. The summed E-state index contributed by atoms with van der Waals surface area (Å²) in [5.74, 6) is 2.79. The Hall–Kier alpha value is -0.480. The van der Waals surface area contributed by atoms with Crippen molar-refractivity contribution in [2.24, 2.45) is 0 Å². The minimum atomic E-state index is -0.573. The van der Waals surface area contributed by atoms with E-state index >= 15 is 0 Å². The summed E-state index contributed by atoms with van der Waals surface area (Å²) in [5.41, 5.74) is 1.23. The second-order valence-electron chi connectivity index (χ2n) is 4.20. The van der Waals surface area contributed by atoms with Crippen LogP contribution in [0.2, 0.25) is 0 Å². The van der Waals surface area contributed by atoms with Crippen molar-refractivity contribution < 1.29 is 4.21 Å². The van der Waals surface area contributed by atoms with E-state index in [0.717, 1.165) is 30.1 Å². The highest BCUT2D eigenvalue weighted by molar-refractivity contribution is 7.99. The first-order valence-corrected chi connectivity index (χ1v) is 8.60. The third-order valence-electron chi connectivity index (χ3n) is 2.93. The first kappa shape index (κ1) is 13.0. The van der Waals surface area contributed by atoms with Gasteiger partial charge in [-0.2, -0.15) is 0 Å². The molecule has 17 heavy (non-hydrogen) atoms. The average molecular weight is 269 g/mol. The first-order valence-electron chi connectivity index (χ1n) is 6.13. The van der Waals surface area contributed by atoms with E-state index < -0.39 is 10.8 Å². The van der Waals surface area contributed by atoms with E-state index in [1.165, 1.54) is 10.6 Å². The van der Waals surface area contributed by atoms with Gasteiger partial charge in [0, 0.05) is 38.9 Å². The molecule has 0 spiro atoms. The van der Waals surface area contributed by atoms with Gasteiger partial charge in [0.25, 0.3) is 0 Å². The van der Waals surface area contributed by atoms with Crippen LogP contribution in [0, 0.1) is 0 Å². The van der Waals surface area contributed by atoms with E-state index in [9.17, 15) is 4.21 Å². The van der Waals surface area contributed by atoms with Gasteiger partial charge in [-0.15, -0.1) is 11.8 Å². The van der Waals surface area contributed by atoms with Crippen molar-refractivity contribution in [1.29, 1.82) is 0 Å². The molecule has 1 aromatic carbocycles. The Balaban J connectivity index is 2.00. The van der Waals surface area contributed by atoms with E-state index in [2.05, 4.69) is 36.5 Å². The zero-order valence-electron chi connectivity index (χ0n) is 10.1. The van der Waals surface area contributed by atoms with Gasteiger partial charge in [-0.05, 0) is 30.7 Å². The van der Waals surface area contributed by atoms with E-state index in [-0.39, 0.29) is 0 Å². The zero-order chi connectivity index (χ0) is 12.1. The number of hydrogen-bond acceptors (Lipinski definition) is 3. The Labute approximate surface area is 110 Å². The molecule has 1 heterocycles. The molecule has 1 aliphatic rings. The van der Waals surface area contributed by atoms with Crippen molar-refractivity contribution in [3.05, 3.63) is 24.3 Å². The van der Waals surface area contributed by atoms with Gasteiger partial charge in [-0.25, -0.2) is 0 Å². The maximum absolute atomic E-state index is 11.3. The molecule has 0 aliphatic carbocycles. The molecule has 0 aromatic heterocycles. The van der Waals surface area contributed by atoms with Crippen molar-refractivity contribution in [3.8, 4) is 0 Å². The highest BCUT2D eigenvalue weighted by Crippen LogP contribution is 2.28. The molecule has 0 unspecified atom stereocenters. The monoisotopic (exact) mass is 269 g/mol. The van der Waals surface area contributed by atoms with Gasteiger partial charge in [0.2, 0.25) is 0 Å². The number of rotatable bonds is 4. The molecule has 2 rings (SSSR count). The van der Waals surface area contributed by atoms with Gasteiger partial charge < -0.3 is 5.32 Å². The largest absolute Gasteiger partial charge is 0.381 e. The van der Waals surface area contributed by atoms with Crippen molar-refractivity contribution in [3.63, 3.8) is 0 Å². The standard InChI is InChI=1S/C13H19NOS2/c1-2-16-13-6-4-3-5-12(13)14-11-7-9-17(15)10-8-11/h3-6,11,14H,2,7-10H2,1H3. The van der Waals surface area contributed by atoms with Crippen LogP contribution in [-0.4, -0.2) is 27.5 Å². The van der Waals surface area contributed by atoms with Crippen LogP contribution >= 0.6 is 11.8 Å². The minimum Gasteiger partial charge on any atom is -0.381 e. The fourth-order valence-electron chi connectivity index (χ4n) is 2.03. The van der Waals surface area contributed by atoms with Gasteiger partial charge in [0.15, 0.2) is 0 Å². The van der Waals surface area contributed by atoms with Crippen molar-refractivity contribution in [2.75, 3.05) is 22.6 Å². The Morgan fingerprint density at radius 2 is 2.06 bits per heavy atom. The first-order chi connectivity index (χ1) is 8.29. The van der Waals surface area contributed by atoms with Crippen LogP contribution in [0.15, 0.2) is 29.2 Å². The van der Waals surface area contributed by atoms with Crippen LogP contribution in [0.3, 0.4) is 0 Å². The van der Waals surface area contributed by atoms with Gasteiger partial charge in [0.1, 0.15) is 0 Å². The molecule has 94 valence electrons. The minimum absolute atomic E-state index is 0.492. The number of thioether (sulfide) groups is 1. The number of hydrogen-bond donors (Lipinski definition) is 1. The molecule has 1 saturated heterocycles. The number of nitrogens with one attached hydrogen (secondary N) is 1. The Morgan fingerprint density at radius 1 is 1.35 bits per heavy atom. The predicted octanol–water partition coefficient (Wildman–Crippen LogP) is 3.12. The second kappa shape index (κ2) is 6.45. The third kappa shape index (κ3) is 3.75. The fourth-order valence-corrected chi connectivity index (χ4v) is 4.09. The summed E-state index contributed by atoms with van der Waals surface area (Å²) in [6.07, 6.45) is 2.05. The molecular formula is C13H19NOS2. The van der Waals surface area contributed by atoms with Crippen LogP contribution in [-0.2, 0) is 10.8 Å². The van der Waals surface area contributed by atoms with Crippen molar-refractivity contribution >= 4 is 28.2 Å². The topological polar surface area (TPSA) is 29.1 Å². The zero-order valence-corrected chi connectivity index (χ0v) is 11.8. The number of benzene rings is 1. The molecule has 0 radical (unpaired) electrons. The van der Waals surface area contributed by atoms with Crippen LogP contribution in [0.25, 0.3) is 0 Å². The third-order valence-corrected chi connectivity index (χ3v) is 5.27. The highest BCUT2D eigenvalue weighted by atomic mass is 32.2. The summed E-state index contributed by atoms with van der Waals surface area (Å²) in [5, 5.41) is 3.60. The molecule has 1 aromatic rings. The summed E-state index contributed by atoms with van der Waals surface area (Å²) in [7, 11) is -0.573. The van der Waals surface area contributed by atoms with Crippen LogP contribution in [0.5, 0.6) is 0 Å². The van der Waals surface area contributed by atoms with Crippen molar-refractivity contribution in [1.82, 2.24) is 0 Å². The lowest BCUT2D eigenvalue weighted by molar-refractivity contribution is 0.623. The van der Waals surface area contributed by atoms with Crippen LogP contribution < -0.4 is 5.32 Å². The van der Waals surface area contributed by atoms with Gasteiger partial charge in [-0.1, -0.05) is 19.1 Å². The highest BCUT2D eigenvalue weighted by Gasteiger charge is 2.18. The number of para-hydroxylation sites is 1. The predicted molar refractivity (Wildman–Crippen MR) is 77.4 cm³/mol. The van der Waals surface area contributed by atoms with Gasteiger partial charge in [0.05, 0.1) is 0 Å². The summed E-state index contributed by atoms with van der Waals surface area (Å²) < 4.78 is 11.3. The second-order valence-corrected chi connectivity index (χ2v) is 7.20. The average Bonchev–Trinajstić information content (AvgIpc) is 2.35. The molecule has 1 aliphatic heterocycles. The van der Waals surface area contributed by atoms with Gasteiger partial charge in [-0.3, -0.25) is 4.21 Å². The molecule has 0 amide bonds. The maximum Gasteiger partial charge on any atom is 0.0480 e. The molecule has 2 nitrogen and oxygen atoms in total. The van der Waals surface area contributed by atoms with Crippen LogP contribution in [0.1, 0.15) is 19.8 Å². The van der Waals surface area contributed by atoms with E-state index in [4.69, 9.17) is 0 Å². The summed E-state index contributed by atoms with van der Waals surface area (Å²) >= 11 is 1.87. The number of anilines is 1. The normalized spacial score (nSPS) is 24.5. The van der Waals surface area contributed by atoms with E-state index in [1.807, 2.05) is 11.8 Å². The van der Waals surface area contributed by atoms with E-state index in [0.29, 0.717) is 6.04 Å². The van der Waals surface area contributed by atoms with Crippen molar-refractivity contribution in [2.45, 2.75) is 30.7 Å². The van der Waals surface area contributed by atoms with E-state index in [1.54, 1.807) is 0 Å². The SMILES string of the molecule is CCSc1ccccc1NC1CCS(=O)CC1. The quantitative estimate of drug-likeness (QED) is 0.852. The van der Waals surface area contributed by atoms with Gasteiger partial charge >= 0.3 is 0 Å². The Kier molecular flexibility index (Phi) is 4.92. The summed E-state index contributed by atoms with van der Waals surface area (Å²) in [6.45, 7) is 2.17. The lowest BCUT2D eigenvalue weighted by Crippen LogP contribution is -2.29. The Bertz CT molecular complexity index is 385. The van der Waals surface area contributed by atoms with Crippen LogP contribution in [0.4, 0.5) is 5.69 Å². The molecule has 1 fully saturated rings. The molecule has 0 saturated carbocycles. The fraction of sp³-hybridized carbons (Fsp3) is 0.538. The lowest BCUT2D eigenvalue weighted by atomic mass is 10.1. The molecule has 4 heteroatoms. The molecule has 0 atom stereocenters. The smallest absolute Gasteiger partial charge is 0.0480 e. The summed E-state index contributed by atoms with van der Waals surface area (Å²) in [6, 6.07) is 8.95. The molecule has 1 N–H and O–H groups in total. The molecule has 0 bridgehead atoms. The maximum atomic E-state index is 11.3. The summed E-state index contributed by atoms with van der Waals surface area (Å²) in [4.78, 5) is 1.32.